The molecule has 2 heteroatoms. The fourth-order valence-corrected chi connectivity index (χ4v) is 2.28. The Morgan fingerprint density at radius 1 is 1.24 bits per heavy atom. The molecule has 0 bridgehead atoms. The Balaban J connectivity index is 0.000000686. The van der Waals surface area contributed by atoms with Crippen LogP contribution in [0.1, 0.15) is 31.3 Å². The molecule has 0 fully saturated rings. The van der Waals surface area contributed by atoms with E-state index in [2.05, 4.69) is 30.0 Å². The van der Waals surface area contributed by atoms with E-state index >= 15 is 0 Å². The lowest BCUT2D eigenvalue weighted by Gasteiger charge is -1.96. The van der Waals surface area contributed by atoms with Gasteiger partial charge in [0.2, 0.25) is 0 Å². The van der Waals surface area contributed by atoms with Gasteiger partial charge in [0.1, 0.15) is 5.69 Å². The van der Waals surface area contributed by atoms with Gasteiger partial charge in [0, 0.05) is 4.88 Å². The zero-order valence-electron chi connectivity index (χ0n) is 10.5. The maximum absolute atomic E-state index is 5.32. The van der Waals surface area contributed by atoms with Crippen molar-refractivity contribution >= 4 is 11.3 Å². The first-order valence-electron chi connectivity index (χ1n) is 5.86. The van der Waals surface area contributed by atoms with Gasteiger partial charge in [-0.2, -0.15) is 0 Å². The summed E-state index contributed by atoms with van der Waals surface area (Å²) in [5.41, 5.74) is 1.66. The molecule has 0 radical (unpaired) electrons. The molecular weight excluding hydrogens is 226 g/mol. The van der Waals surface area contributed by atoms with E-state index in [0.29, 0.717) is 5.69 Å². The van der Waals surface area contributed by atoms with Crippen molar-refractivity contribution in [3.05, 3.63) is 40.9 Å². The summed E-state index contributed by atoms with van der Waals surface area (Å²) in [5.74, 6) is 2.55. The number of pyridine rings is 1. The van der Waals surface area contributed by atoms with E-state index in [1.54, 1.807) is 11.3 Å². The molecule has 0 atom stereocenters. The fourth-order valence-electron chi connectivity index (χ4n) is 1.36. The van der Waals surface area contributed by atoms with E-state index in [9.17, 15) is 0 Å². The molecule has 0 N–H and O–H groups in total. The minimum atomic E-state index is 0.693. The summed E-state index contributed by atoms with van der Waals surface area (Å²) >= 11 is 1.77. The third-order valence-corrected chi connectivity index (χ3v) is 3.41. The van der Waals surface area contributed by atoms with E-state index < -0.39 is 0 Å². The summed E-state index contributed by atoms with van der Waals surface area (Å²) in [5, 5.41) is 0. The molecule has 2 rings (SSSR count). The number of aromatic nitrogens is 1. The first-order valence-corrected chi connectivity index (χ1v) is 6.68. The van der Waals surface area contributed by atoms with E-state index in [4.69, 9.17) is 6.42 Å². The smallest absolute Gasteiger partial charge is 0.113 e. The minimum absolute atomic E-state index is 0.693. The van der Waals surface area contributed by atoms with Gasteiger partial charge in [-0.1, -0.05) is 32.8 Å². The fraction of sp³-hybridized carbons (Fsp3) is 0.267. The predicted octanol–water partition coefficient (Wildman–Crippen LogP) is 4.38. The number of aryl methyl sites for hydroxylation is 1. The molecule has 0 aromatic carbocycles. The minimum Gasteiger partial charge on any atom is -0.238 e. The number of rotatable bonds is 2. The highest BCUT2D eigenvalue weighted by Gasteiger charge is 2.03. The number of thiophene rings is 1. The van der Waals surface area contributed by atoms with Gasteiger partial charge >= 0.3 is 0 Å². The van der Waals surface area contributed by atoms with Crippen LogP contribution in [-0.2, 0) is 6.42 Å². The molecule has 17 heavy (non-hydrogen) atoms. The van der Waals surface area contributed by atoms with E-state index in [1.165, 1.54) is 9.75 Å². The van der Waals surface area contributed by atoms with Crippen molar-refractivity contribution in [3.63, 3.8) is 0 Å². The molecule has 0 saturated heterocycles. The SMILES string of the molecule is C#Cc1cccc(-c2ccc(CC)s2)n1.CC. The molecule has 2 aromatic heterocycles. The highest BCUT2D eigenvalue weighted by atomic mass is 32.1. The first-order chi connectivity index (χ1) is 8.33. The van der Waals surface area contributed by atoms with Crippen LogP contribution in [0.4, 0.5) is 0 Å². The lowest BCUT2D eigenvalue weighted by Crippen LogP contribution is -1.84. The molecule has 0 unspecified atom stereocenters. The van der Waals surface area contributed by atoms with Crippen molar-refractivity contribution in [1.29, 1.82) is 0 Å². The summed E-state index contributed by atoms with van der Waals surface area (Å²) in [6.45, 7) is 6.15. The standard InChI is InChI=1S/C13H11NS.C2H6/c1-3-10-6-5-7-12(14-10)13-9-8-11(4-2)15-13;1-2/h1,5-9H,4H2,2H3;1-2H3. The lowest BCUT2D eigenvalue weighted by molar-refractivity contribution is 1.19. The number of hydrogen-bond acceptors (Lipinski definition) is 2. The number of hydrogen-bond donors (Lipinski definition) is 0. The normalized spacial score (nSPS) is 9.06. The van der Waals surface area contributed by atoms with Gasteiger partial charge in [-0.05, 0) is 30.7 Å². The molecule has 88 valence electrons. The van der Waals surface area contributed by atoms with Gasteiger partial charge in [0.25, 0.3) is 0 Å². The second kappa shape index (κ2) is 6.88. The van der Waals surface area contributed by atoms with Crippen molar-refractivity contribution in [2.75, 3.05) is 0 Å². The van der Waals surface area contributed by atoms with Crippen molar-refractivity contribution < 1.29 is 0 Å². The van der Waals surface area contributed by atoms with Crippen LogP contribution in [0.5, 0.6) is 0 Å². The van der Waals surface area contributed by atoms with E-state index in [1.807, 2.05) is 32.0 Å². The summed E-state index contributed by atoms with van der Waals surface area (Å²) in [4.78, 5) is 6.94. The monoisotopic (exact) mass is 243 g/mol. The van der Waals surface area contributed by atoms with Crippen LogP contribution >= 0.6 is 11.3 Å². The van der Waals surface area contributed by atoms with Gasteiger partial charge in [-0.25, -0.2) is 4.98 Å². The van der Waals surface area contributed by atoms with Gasteiger partial charge in [-0.3, -0.25) is 0 Å². The Hall–Kier alpha value is -1.59. The van der Waals surface area contributed by atoms with Crippen LogP contribution in [0.15, 0.2) is 30.3 Å². The predicted molar refractivity (Wildman–Crippen MR) is 76.2 cm³/mol. The maximum Gasteiger partial charge on any atom is 0.113 e. The molecule has 0 aliphatic rings. The second-order valence-corrected chi connectivity index (χ2v) is 4.34. The maximum atomic E-state index is 5.32. The molecule has 1 nitrogen and oxygen atoms in total. The average Bonchev–Trinajstić information content (AvgIpc) is 2.90. The van der Waals surface area contributed by atoms with Crippen LogP contribution in [0.25, 0.3) is 10.6 Å². The van der Waals surface area contributed by atoms with Crippen LogP contribution in [0.3, 0.4) is 0 Å². The Labute approximate surface area is 108 Å². The van der Waals surface area contributed by atoms with Crippen molar-refractivity contribution in [2.45, 2.75) is 27.2 Å². The summed E-state index contributed by atoms with van der Waals surface area (Å²) in [6, 6.07) is 10.0. The van der Waals surface area contributed by atoms with E-state index in [0.717, 1.165) is 12.1 Å². The quantitative estimate of drug-likeness (QED) is 0.713. The third-order valence-electron chi connectivity index (χ3n) is 2.16. The molecule has 2 aromatic rings. The zero-order valence-corrected chi connectivity index (χ0v) is 11.3. The average molecular weight is 243 g/mol. The van der Waals surface area contributed by atoms with Crippen LogP contribution in [-0.4, -0.2) is 4.98 Å². The zero-order chi connectivity index (χ0) is 12.7. The molecule has 0 spiro atoms. The van der Waals surface area contributed by atoms with Crippen molar-refractivity contribution in [3.8, 4) is 22.9 Å². The highest BCUT2D eigenvalue weighted by molar-refractivity contribution is 7.15. The van der Waals surface area contributed by atoms with Gasteiger partial charge in [-0.15, -0.1) is 17.8 Å². The highest BCUT2D eigenvalue weighted by Crippen LogP contribution is 2.26. The van der Waals surface area contributed by atoms with Gasteiger partial charge < -0.3 is 0 Å². The molecular formula is C15H17NS. The molecule has 0 aliphatic carbocycles. The summed E-state index contributed by atoms with van der Waals surface area (Å²) in [7, 11) is 0. The topological polar surface area (TPSA) is 12.9 Å². The second-order valence-electron chi connectivity index (χ2n) is 3.17. The Morgan fingerprint density at radius 3 is 2.59 bits per heavy atom. The van der Waals surface area contributed by atoms with E-state index in [-0.39, 0.29) is 0 Å². The Morgan fingerprint density at radius 2 is 2.00 bits per heavy atom. The van der Waals surface area contributed by atoms with Crippen molar-refractivity contribution in [2.24, 2.45) is 0 Å². The van der Waals surface area contributed by atoms with Crippen LogP contribution in [0.2, 0.25) is 0 Å². The molecule has 0 amide bonds. The number of terminal acetylenes is 1. The summed E-state index contributed by atoms with van der Waals surface area (Å²) in [6.07, 6.45) is 6.39. The molecule has 0 saturated carbocycles. The molecule has 0 aliphatic heterocycles. The Bertz CT molecular complexity index is 506. The van der Waals surface area contributed by atoms with Crippen LogP contribution in [0, 0.1) is 12.3 Å². The lowest BCUT2D eigenvalue weighted by atomic mass is 10.2. The molecule has 2 heterocycles. The first kappa shape index (κ1) is 13.5. The third kappa shape index (κ3) is 3.44. The number of nitrogens with zero attached hydrogens (tertiary/aromatic N) is 1. The summed E-state index contributed by atoms with van der Waals surface area (Å²) < 4.78 is 0. The van der Waals surface area contributed by atoms with Crippen LogP contribution < -0.4 is 0 Å². The van der Waals surface area contributed by atoms with Gasteiger partial charge in [0.05, 0.1) is 10.6 Å². The van der Waals surface area contributed by atoms with Gasteiger partial charge in [0.15, 0.2) is 0 Å². The Kier molecular flexibility index (Phi) is 5.45. The van der Waals surface area contributed by atoms with Crippen molar-refractivity contribution in [1.82, 2.24) is 4.98 Å². The largest absolute Gasteiger partial charge is 0.238 e.